The van der Waals surface area contributed by atoms with Gasteiger partial charge in [0.2, 0.25) is 0 Å². The van der Waals surface area contributed by atoms with E-state index in [0.29, 0.717) is 0 Å². The van der Waals surface area contributed by atoms with E-state index in [9.17, 15) is 0 Å². The molecule has 0 aliphatic heterocycles. The zero-order chi connectivity index (χ0) is 12.6. The molecule has 1 heteroatoms. The van der Waals surface area contributed by atoms with E-state index in [4.69, 9.17) is 0 Å². The van der Waals surface area contributed by atoms with Crippen molar-refractivity contribution in [2.45, 2.75) is 52.4 Å². The minimum absolute atomic E-state index is 0. The molecule has 0 amide bonds. The van der Waals surface area contributed by atoms with Crippen molar-refractivity contribution in [1.29, 1.82) is 0 Å². The van der Waals surface area contributed by atoms with Gasteiger partial charge >= 0.3 is 18.9 Å². The first-order chi connectivity index (χ1) is 7.18. The van der Waals surface area contributed by atoms with Crippen molar-refractivity contribution in [2.75, 3.05) is 0 Å². The summed E-state index contributed by atoms with van der Waals surface area (Å²) in [5, 5.41) is 0. The number of hydrogen-bond donors (Lipinski definition) is 0. The van der Waals surface area contributed by atoms with Gasteiger partial charge in [-0.2, -0.15) is 18.2 Å². The number of benzene rings is 1. The van der Waals surface area contributed by atoms with Crippen molar-refractivity contribution in [1.82, 2.24) is 0 Å². The van der Waals surface area contributed by atoms with Crippen LogP contribution in [0.4, 0.5) is 0 Å². The third kappa shape index (κ3) is 3.77. The Morgan fingerprint density at radius 3 is 1.47 bits per heavy atom. The number of hydrogen-bond acceptors (Lipinski definition) is 0. The van der Waals surface area contributed by atoms with Crippen LogP contribution < -0.4 is 18.9 Å². The van der Waals surface area contributed by atoms with Crippen molar-refractivity contribution < 1.29 is 18.9 Å². The molecule has 0 unspecified atom stereocenters. The Labute approximate surface area is 119 Å². The second-order valence-electron chi connectivity index (χ2n) is 6.40. The maximum atomic E-state index is 3.85. The zero-order valence-corrected chi connectivity index (χ0v) is 12.4. The topological polar surface area (TPSA) is 0 Å². The summed E-state index contributed by atoms with van der Waals surface area (Å²) in [6.45, 7) is 17.2. The summed E-state index contributed by atoms with van der Waals surface area (Å²) in [5.41, 5.74) is 4.12. The molecule has 0 heterocycles. The average Bonchev–Trinajstić information content (AvgIpc) is 2.13. The number of rotatable bonds is 1. The molecular formula is C16H23Li. The van der Waals surface area contributed by atoms with Crippen LogP contribution in [-0.2, 0) is 10.8 Å². The molecule has 0 nitrogen and oxygen atoms in total. The van der Waals surface area contributed by atoms with Crippen LogP contribution in [0.5, 0.6) is 0 Å². The zero-order valence-electron chi connectivity index (χ0n) is 12.4. The van der Waals surface area contributed by atoms with E-state index in [1.54, 1.807) is 0 Å². The maximum Gasteiger partial charge on any atom is 1.00 e. The normalized spacial score (nSPS) is 11.9. The van der Waals surface area contributed by atoms with Gasteiger partial charge in [-0.25, -0.2) is 0 Å². The van der Waals surface area contributed by atoms with Crippen LogP contribution in [-0.4, -0.2) is 0 Å². The minimum Gasteiger partial charge on any atom is -0.186 e. The maximum absolute atomic E-state index is 3.85. The molecule has 0 atom stereocenters. The molecule has 0 aliphatic rings. The smallest absolute Gasteiger partial charge is 0.186 e. The van der Waals surface area contributed by atoms with Crippen molar-refractivity contribution in [2.24, 2.45) is 0 Å². The van der Waals surface area contributed by atoms with Crippen molar-refractivity contribution in [3.05, 3.63) is 47.5 Å². The van der Waals surface area contributed by atoms with E-state index in [1.807, 2.05) is 0 Å². The fourth-order valence-corrected chi connectivity index (χ4v) is 1.99. The summed E-state index contributed by atoms with van der Waals surface area (Å²) in [5.74, 6) is 0. The Balaban J connectivity index is 0.00000256. The molecule has 88 valence electrons. The van der Waals surface area contributed by atoms with E-state index < -0.39 is 0 Å². The van der Waals surface area contributed by atoms with E-state index >= 15 is 0 Å². The molecule has 1 rings (SSSR count). The van der Waals surface area contributed by atoms with Gasteiger partial charge in [-0.3, -0.25) is 0 Å². The van der Waals surface area contributed by atoms with Gasteiger partial charge in [-0.05, 0) is 0 Å². The standard InChI is InChI=1S/C16H23.Li/c1-8-12-13(15(2,3)4)10-9-11-14(12)16(5,6)7;/h9-11H,1H2,2-7H3;/q-1;+1. The fraction of sp³-hybridized carbons (Fsp3) is 0.500. The third-order valence-corrected chi connectivity index (χ3v) is 2.86. The van der Waals surface area contributed by atoms with Crippen LogP contribution in [0.25, 0.3) is 0 Å². The third-order valence-electron chi connectivity index (χ3n) is 2.86. The molecule has 0 bridgehead atoms. The predicted octanol–water partition coefficient (Wildman–Crippen LogP) is 1.62. The Morgan fingerprint density at radius 1 is 0.882 bits per heavy atom. The van der Waals surface area contributed by atoms with Gasteiger partial charge in [0, 0.05) is 0 Å². The molecule has 0 radical (unpaired) electrons. The van der Waals surface area contributed by atoms with Crippen LogP contribution in [0.15, 0.2) is 24.8 Å². The fourth-order valence-electron chi connectivity index (χ4n) is 1.99. The van der Waals surface area contributed by atoms with E-state index in [0.717, 1.165) is 0 Å². The summed E-state index contributed by atoms with van der Waals surface area (Å²) in [6, 6.07) is 6.51. The largest absolute Gasteiger partial charge is 1.00 e. The van der Waals surface area contributed by atoms with Crippen LogP contribution in [0.3, 0.4) is 0 Å². The Morgan fingerprint density at radius 2 is 1.24 bits per heavy atom. The summed E-state index contributed by atoms with van der Waals surface area (Å²) < 4.78 is 0. The van der Waals surface area contributed by atoms with E-state index in [2.05, 4.69) is 72.4 Å². The second-order valence-corrected chi connectivity index (χ2v) is 6.40. The molecule has 0 fully saturated rings. The Bertz CT molecular complexity index is 357. The van der Waals surface area contributed by atoms with Gasteiger partial charge < -0.3 is 0 Å². The average molecular weight is 222 g/mol. The van der Waals surface area contributed by atoms with Gasteiger partial charge in [0.05, 0.1) is 0 Å². The van der Waals surface area contributed by atoms with E-state index in [1.165, 1.54) is 16.7 Å². The van der Waals surface area contributed by atoms with Crippen molar-refractivity contribution in [3.63, 3.8) is 0 Å². The molecule has 0 aromatic heterocycles. The molecule has 0 spiro atoms. The van der Waals surface area contributed by atoms with Gasteiger partial charge in [-0.15, -0.1) is 23.3 Å². The van der Waals surface area contributed by atoms with E-state index in [-0.39, 0.29) is 29.7 Å². The molecule has 0 saturated heterocycles. The minimum atomic E-state index is 0. The quantitative estimate of drug-likeness (QED) is 0.500. The summed E-state index contributed by atoms with van der Waals surface area (Å²) in [4.78, 5) is 0. The summed E-state index contributed by atoms with van der Waals surface area (Å²) in [7, 11) is 0. The van der Waals surface area contributed by atoms with Gasteiger partial charge in [0.1, 0.15) is 0 Å². The first-order valence-electron chi connectivity index (χ1n) is 5.85. The van der Waals surface area contributed by atoms with Crippen LogP contribution in [0.2, 0.25) is 0 Å². The monoisotopic (exact) mass is 222 g/mol. The Hall–Kier alpha value is -0.443. The molecule has 1 aromatic rings. The van der Waals surface area contributed by atoms with Crippen LogP contribution >= 0.6 is 0 Å². The van der Waals surface area contributed by atoms with Gasteiger partial charge in [0.15, 0.2) is 0 Å². The van der Waals surface area contributed by atoms with Gasteiger partial charge in [-0.1, -0.05) is 58.4 Å². The molecule has 0 aliphatic carbocycles. The Kier molecular flexibility index (Phi) is 5.32. The van der Waals surface area contributed by atoms with Crippen LogP contribution in [0.1, 0.15) is 58.2 Å². The molecular weight excluding hydrogens is 199 g/mol. The van der Waals surface area contributed by atoms with Crippen molar-refractivity contribution >= 4 is 0 Å². The summed E-state index contributed by atoms with van der Waals surface area (Å²) >= 11 is 0. The molecule has 1 aromatic carbocycles. The second kappa shape index (κ2) is 5.47. The predicted molar refractivity (Wildman–Crippen MR) is 71.8 cm³/mol. The van der Waals surface area contributed by atoms with Gasteiger partial charge in [0.25, 0.3) is 0 Å². The first kappa shape index (κ1) is 16.6. The first-order valence-corrected chi connectivity index (χ1v) is 5.85. The SMILES string of the molecule is C=[C-]c1c(C(C)(C)C)cccc1C(C)(C)C.[Li+]. The molecule has 0 saturated carbocycles. The molecule has 17 heavy (non-hydrogen) atoms. The van der Waals surface area contributed by atoms with Crippen molar-refractivity contribution in [3.8, 4) is 0 Å². The summed E-state index contributed by atoms with van der Waals surface area (Å²) in [6.07, 6.45) is 3.13. The van der Waals surface area contributed by atoms with Crippen LogP contribution in [0, 0.1) is 6.08 Å². The molecule has 0 N–H and O–H groups in total.